The van der Waals surface area contributed by atoms with Crippen LogP contribution in [0.3, 0.4) is 0 Å². The van der Waals surface area contributed by atoms with Crippen LogP contribution in [-0.4, -0.2) is 18.6 Å². The monoisotopic (exact) mass is 369 g/mol. The molecule has 0 saturated carbocycles. The molecule has 2 aromatic rings. The van der Waals surface area contributed by atoms with Crippen molar-refractivity contribution in [3.8, 4) is 0 Å². The number of rotatable bonds is 5. The van der Waals surface area contributed by atoms with Crippen LogP contribution in [0, 0.1) is 13.8 Å². The molecule has 4 heteroatoms. The second kappa shape index (κ2) is 8.01. The first kappa shape index (κ1) is 19.2. The van der Waals surface area contributed by atoms with Crippen molar-refractivity contribution in [3.05, 3.63) is 89.1 Å². The molecule has 0 atom stereocenters. The Morgan fingerprint density at radius 2 is 1.64 bits per heavy atom. The summed E-state index contributed by atoms with van der Waals surface area (Å²) in [4.78, 5) is 13.4. The van der Waals surface area contributed by atoms with E-state index < -0.39 is 0 Å². The van der Waals surface area contributed by atoms with E-state index in [4.69, 9.17) is 9.41 Å². The maximum Gasteiger partial charge on any atom is 0.145 e. The third kappa shape index (κ3) is 4.07. The number of aryl methyl sites for hydroxylation is 2. The predicted octanol–water partition coefficient (Wildman–Crippen LogP) is 6.46. The summed E-state index contributed by atoms with van der Waals surface area (Å²) in [5.74, 6) is 1.39. The van der Waals surface area contributed by atoms with Crippen LogP contribution in [0.2, 0.25) is 0 Å². The molecule has 1 heterocycles. The van der Waals surface area contributed by atoms with Gasteiger partial charge >= 0.3 is 0 Å². The highest BCUT2D eigenvalue weighted by Gasteiger charge is 2.12. The molecule has 1 aliphatic rings. The first-order valence-corrected chi connectivity index (χ1v) is 8.94. The summed E-state index contributed by atoms with van der Waals surface area (Å²) in [6, 6.07) is 7.73. The lowest BCUT2D eigenvalue weighted by molar-refractivity contribution is 0.550. The molecule has 0 radical (unpaired) electrons. The minimum Gasteiger partial charge on any atom is -0.456 e. The Hall–Kier alpha value is -3.53. The molecule has 0 spiro atoms. The number of aliphatic imine (C=N–C) groups is 3. The molecule has 1 aromatic heterocycles. The first-order valence-electron chi connectivity index (χ1n) is 8.94. The van der Waals surface area contributed by atoms with Crippen molar-refractivity contribution in [1.29, 1.82) is 0 Å². The van der Waals surface area contributed by atoms with Gasteiger partial charge in [0.1, 0.15) is 11.5 Å². The Labute approximate surface area is 165 Å². The molecule has 28 heavy (non-hydrogen) atoms. The van der Waals surface area contributed by atoms with Crippen LogP contribution in [0.1, 0.15) is 29.6 Å². The zero-order chi connectivity index (χ0) is 20.3. The van der Waals surface area contributed by atoms with Crippen LogP contribution in [-0.2, 0) is 0 Å². The highest BCUT2D eigenvalue weighted by atomic mass is 16.3. The van der Waals surface area contributed by atoms with E-state index in [1.807, 2.05) is 57.2 Å². The van der Waals surface area contributed by atoms with Crippen molar-refractivity contribution in [2.75, 3.05) is 0 Å². The Balaban J connectivity index is 1.87. The second-order valence-corrected chi connectivity index (χ2v) is 6.66. The number of benzene rings is 1. The molecule has 0 unspecified atom stereocenters. The Morgan fingerprint density at radius 1 is 0.964 bits per heavy atom. The quantitative estimate of drug-likeness (QED) is 0.558. The summed E-state index contributed by atoms with van der Waals surface area (Å²) >= 11 is 0. The van der Waals surface area contributed by atoms with Crippen molar-refractivity contribution >= 4 is 36.1 Å². The van der Waals surface area contributed by atoms with Crippen LogP contribution in [0.15, 0.2) is 85.8 Å². The number of allylic oxidation sites excluding steroid dienone is 4. The van der Waals surface area contributed by atoms with E-state index in [1.54, 1.807) is 12.3 Å². The molecule has 0 saturated heterocycles. The molecule has 1 aliphatic carbocycles. The molecule has 0 amide bonds. The second-order valence-electron chi connectivity index (χ2n) is 6.66. The number of hydrogen-bond acceptors (Lipinski definition) is 4. The fourth-order valence-corrected chi connectivity index (χ4v) is 2.85. The summed E-state index contributed by atoms with van der Waals surface area (Å²) in [7, 11) is 0. The molecule has 0 N–H and O–H groups in total. The average Bonchev–Trinajstić information content (AvgIpc) is 3.14. The normalized spacial score (nSPS) is 15.7. The van der Waals surface area contributed by atoms with Crippen molar-refractivity contribution in [3.63, 3.8) is 0 Å². The largest absolute Gasteiger partial charge is 0.456 e. The number of hydrogen-bond donors (Lipinski definition) is 0. The standard InChI is InChI=1S/C24H23N3O/c1-7-19-8-9-20(28-19)14-26-22-11-18(5)24(13-16(22)3)27-23-12-15(2)21(25-6)10-17(23)4/h7-14H,1,5-6H2,2-4H3/b26-14?,27-24-. The molecule has 140 valence electrons. The minimum atomic E-state index is 0.677. The molecule has 1 aromatic carbocycles. The van der Waals surface area contributed by atoms with Gasteiger partial charge in [0.15, 0.2) is 0 Å². The number of nitrogens with zero attached hydrogens (tertiary/aromatic N) is 3. The van der Waals surface area contributed by atoms with Crippen LogP contribution in [0.5, 0.6) is 0 Å². The Kier molecular flexibility index (Phi) is 5.50. The van der Waals surface area contributed by atoms with Gasteiger partial charge in [0.2, 0.25) is 0 Å². The predicted molar refractivity (Wildman–Crippen MR) is 120 cm³/mol. The molecule has 4 nitrogen and oxygen atoms in total. The summed E-state index contributed by atoms with van der Waals surface area (Å²) in [5.41, 5.74) is 7.35. The topological polar surface area (TPSA) is 50.2 Å². The van der Waals surface area contributed by atoms with Crippen LogP contribution >= 0.6 is 0 Å². The third-order valence-corrected chi connectivity index (χ3v) is 4.50. The van der Waals surface area contributed by atoms with Gasteiger partial charge in [0.05, 0.1) is 29.0 Å². The van der Waals surface area contributed by atoms with E-state index in [0.29, 0.717) is 11.5 Å². The summed E-state index contributed by atoms with van der Waals surface area (Å²) in [6.07, 6.45) is 7.29. The van der Waals surface area contributed by atoms with E-state index in [9.17, 15) is 0 Å². The van der Waals surface area contributed by atoms with Crippen molar-refractivity contribution in [2.24, 2.45) is 15.0 Å². The summed E-state index contributed by atoms with van der Waals surface area (Å²) in [5, 5.41) is 0. The SMILES string of the molecule is C=Cc1ccc(C=NC2=CC(=C)/C(=N\c3cc(C)c(N=C)cc3C)C=C2C)o1. The van der Waals surface area contributed by atoms with Gasteiger partial charge in [0, 0.05) is 0 Å². The van der Waals surface area contributed by atoms with E-state index in [2.05, 4.69) is 29.9 Å². The molecular weight excluding hydrogens is 346 g/mol. The van der Waals surface area contributed by atoms with Crippen LogP contribution in [0.4, 0.5) is 11.4 Å². The van der Waals surface area contributed by atoms with E-state index >= 15 is 0 Å². The third-order valence-electron chi connectivity index (χ3n) is 4.50. The van der Waals surface area contributed by atoms with Gasteiger partial charge < -0.3 is 4.42 Å². The zero-order valence-corrected chi connectivity index (χ0v) is 16.5. The molecule has 0 bridgehead atoms. The van der Waals surface area contributed by atoms with Crippen molar-refractivity contribution in [1.82, 2.24) is 0 Å². The summed E-state index contributed by atoms with van der Waals surface area (Å²) in [6.45, 7) is 17.5. The number of furan rings is 1. The average molecular weight is 369 g/mol. The van der Waals surface area contributed by atoms with E-state index in [1.165, 1.54) is 0 Å². The summed E-state index contributed by atoms with van der Waals surface area (Å²) < 4.78 is 5.56. The van der Waals surface area contributed by atoms with Gasteiger partial charge in [-0.3, -0.25) is 9.98 Å². The van der Waals surface area contributed by atoms with Crippen LogP contribution in [0.25, 0.3) is 6.08 Å². The fourth-order valence-electron chi connectivity index (χ4n) is 2.85. The fraction of sp³-hybridized carbons (Fsp3) is 0.125. The molecule has 0 fully saturated rings. The van der Waals surface area contributed by atoms with Gasteiger partial charge in [-0.15, -0.1) is 0 Å². The highest BCUT2D eigenvalue weighted by Crippen LogP contribution is 2.30. The van der Waals surface area contributed by atoms with Gasteiger partial charge in [0.25, 0.3) is 0 Å². The highest BCUT2D eigenvalue weighted by molar-refractivity contribution is 6.13. The molecular formula is C24H23N3O. The van der Waals surface area contributed by atoms with Gasteiger partial charge in [-0.1, -0.05) is 13.2 Å². The molecule has 0 aliphatic heterocycles. The minimum absolute atomic E-state index is 0.677. The maximum atomic E-state index is 5.56. The maximum absolute atomic E-state index is 5.56. The van der Waals surface area contributed by atoms with Crippen LogP contribution < -0.4 is 0 Å². The lowest BCUT2D eigenvalue weighted by Crippen LogP contribution is -2.04. The van der Waals surface area contributed by atoms with E-state index in [0.717, 1.165) is 45.1 Å². The van der Waals surface area contributed by atoms with Crippen molar-refractivity contribution in [2.45, 2.75) is 20.8 Å². The lowest BCUT2D eigenvalue weighted by Gasteiger charge is -2.14. The molecule has 3 rings (SSSR count). The Morgan fingerprint density at radius 3 is 2.32 bits per heavy atom. The Bertz CT molecular complexity index is 1090. The lowest BCUT2D eigenvalue weighted by atomic mass is 9.99. The first-order chi connectivity index (χ1) is 13.4. The van der Waals surface area contributed by atoms with Crippen molar-refractivity contribution < 1.29 is 4.42 Å². The van der Waals surface area contributed by atoms with E-state index in [-0.39, 0.29) is 0 Å². The smallest absolute Gasteiger partial charge is 0.145 e. The van der Waals surface area contributed by atoms with Gasteiger partial charge in [-0.2, -0.15) is 0 Å². The van der Waals surface area contributed by atoms with Gasteiger partial charge in [-0.05, 0) is 92.3 Å². The van der Waals surface area contributed by atoms with Gasteiger partial charge in [-0.25, -0.2) is 4.99 Å². The zero-order valence-electron chi connectivity index (χ0n) is 16.5.